The number of benzene rings is 3. The number of hydrogen-bond donors (Lipinski definition) is 1. The number of anilines is 1. The second-order valence-corrected chi connectivity index (χ2v) is 7.87. The van der Waals surface area contributed by atoms with Gasteiger partial charge < -0.3 is 24.3 Å². The molecule has 0 bridgehead atoms. The molecular weight excluding hydrogens is 524 g/mol. The van der Waals surface area contributed by atoms with Crippen LogP contribution in [0.25, 0.3) is 0 Å². The molecule has 3 rings (SSSR count). The van der Waals surface area contributed by atoms with Gasteiger partial charge in [-0.2, -0.15) is 0 Å². The Morgan fingerprint density at radius 3 is 2.11 bits per heavy atom. The Bertz CT molecular complexity index is 1250. The highest BCUT2D eigenvalue weighted by Crippen LogP contribution is 2.36. The van der Waals surface area contributed by atoms with Gasteiger partial charge in [0.15, 0.2) is 11.5 Å². The Balaban J connectivity index is 1.94. The van der Waals surface area contributed by atoms with E-state index in [2.05, 4.69) is 21.2 Å². The van der Waals surface area contributed by atoms with Gasteiger partial charge in [-0.1, -0.05) is 30.3 Å². The highest BCUT2D eigenvalue weighted by Gasteiger charge is 2.29. The van der Waals surface area contributed by atoms with E-state index in [0.29, 0.717) is 15.8 Å². The van der Waals surface area contributed by atoms with E-state index in [0.717, 1.165) is 0 Å². The van der Waals surface area contributed by atoms with Crippen molar-refractivity contribution < 1.29 is 33.5 Å². The highest BCUT2D eigenvalue weighted by atomic mass is 79.9. The molecule has 0 radical (unpaired) electrons. The smallest absolute Gasteiger partial charge is 0.343 e. The van der Waals surface area contributed by atoms with Gasteiger partial charge in [0.05, 0.1) is 31.9 Å². The lowest BCUT2D eigenvalue weighted by molar-refractivity contribution is -0.384. The molecule has 11 heteroatoms. The fraction of sp³-hybridized carbons (Fsp3) is 0.167. The number of nitrogens with zero attached hydrogens (tertiary/aromatic N) is 1. The van der Waals surface area contributed by atoms with Crippen LogP contribution >= 0.6 is 15.9 Å². The number of carbonyl (C=O) groups is 2. The molecule has 3 aromatic carbocycles. The Morgan fingerprint density at radius 1 is 0.914 bits per heavy atom. The first-order chi connectivity index (χ1) is 16.8. The van der Waals surface area contributed by atoms with Gasteiger partial charge >= 0.3 is 5.97 Å². The van der Waals surface area contributed by atoms with Crippen molar-refractivity contribution in [1.82, 2.24) is 0 Å². The molecule has 1 N–H and O–H groups in total. The first kappa shape index (κ1) is 25.5. The molecule has 35 heavy (non-hydrogen) atoms. The molecule has 0 saturated carbocycles. The number of nitro benzene ring substituents is 1. The number of nitrogens with one attached hydrogen (secondary N) is 1. The van der Waals surface area contributed by atoms with E-state index in [-0.39, 0.29) is 28.4 Å². The number of halogens is 1. The van der Waals surface area contributed by atoms with Gasteiger partial charge in [-0.05, 0) is 22.0 Å². The number of rotatable bonds is 9. The third kappa shape index (κ3) is 5.87. The summed E-state index contributed by atoms with van der Waals surface area (Å²) in [5.41, 5.74) is 0.550. The number of methoxy groups -OCH3 is 3. The topological polar surface area (TPSA) is 126 Å². The molecule has 0 saturated heterocycles. The molecule has 0 aliphatic carbocycles. The zero-order chi connectivity index (χ0) is 25.5. The molecule has 0 spiro atoms. The van der Waals surface area contributed by atoms with Crippen LogP contribution in [0.1, 0.15) is 22.0 Å². The van der Waals surface area contributed by atoms with Crippen molar-refractivity contribution in [3.05, 3.63) is 86.4 Å². The monoisotopic (exact) mass is 544 g/mol. The van der Waals surface area contributed by atoms with Crippen LogP contribution in [0.3, 0.4) is 0 Å². The summed E-state index contributed by atoms with van der Waals surface area (Å²) >= 11 is 3.22. The number of esters is 1. The van der Waals surface area contributed by atoms with Crippen molar-refractivity contribution >= 4 is 39.2 Å². The van der Waals surface area contributed by atoms with Gasteiger partial charge in [0, 0.05) is 34.3 Å². The van der Waals surface area contributed by atoms with Crippen LogP contribution in [0.5, 0.6) is 17.2 Å². The summed E-state index contributed by atoms with van der Waals surface area (Å²) < 4.78 is 21.7. The lowest BCUT2D eigenvalue weighted by atomic mass is 10.1. The van der Waals surface area contributed by atoms with Crippen LogP contribution < -0.4 is 19.5 Å². The Hall–Kier alpha value is -4.12. The minimum absolute atomic E-state index is 0.0235. The molecule has 182 valence electrons. The molecule has 3 aromatic rings. The number of non-ortho nitro benzene ring substituents is 1. The van der Waals surface area contributed by atoms with Crippen molar-refractivity contribution in [1.29, 1.82) is 0 Å². The predicted octanol–water partition coefficient (Wildman–Crippen LogP) is 4.92. The van der Waals surface area contributed by atoms with E-state index in [1.807, 2.05) is 0 Å². The molecule has 0 unspecified atom stereocenters. The van der Waals surface area contributed by atoms with Gasteiger partial charge in [0.25, 0.3) is 11.6 Å². The molecule has 10 nitrogen and oxygen atoms in total. The lowest BCUT2D eigenvalue weighted by Crippen LogP contribution is -2.26. The van der Waals surface area contributed by atoms with Crippen LogP contribution in [0.2, 0.25) is 0 Å². The molecule has 0 aliphatic rings. The van der Waals surface area contributed by atoms with Crippen LogP contribution in [-0.2, 0) is 9.53 Å². The SMILES string of the molecule is COc1cc(OC)c(C(=O)O[C@H](C(=O)Nc2ccc([N+](=O)[O-])cc2Br)c2ccccc2)cc1OC. The van der Waals surface area contributed by atoms with E-state index in [9.17, 15) is 19.7 Å². The zero-order valence-corrected chi connectivity index (χ0v) is 20.5. The van der Waals surface area contributed by atoms with E-state index in [1.165, 1.54) is 51.7 Å². The summed E-state index contributed by atoms with van der Waals surface area (Å²) in [6.07, 6.45) is -1.34. The Labute approximate surface area is 209 Å². The normalized spacial score (nSPS) is 11.2. The van der Waals surface area contributed by atoms with Crippen molar-refractivity contribution in [2.75, 3.05) is 26.6 Å². The Kier molecular flexibility index (Phi) is 8.26. The van der Waals surface area contributed by atoms with Crippen LogP contribution in [0, 0.1) is 10.1 Å². The average molecular weight is 545 g/mol. The molecule has 1 amide bonds. The quantitative estimate of drug-likeness (QED) is 0.228. The Morgan fingerprint density at radius 2 is 1.54 bits per heavy atom. The summed E-state index contributed by atoms with van der Waals surface area (Å²) in [6.45, 7) is 0. The average Bonchev–Trinajstić information content (AvgIpc) is 2.87. The number of nitro groups is 1. The fourth-order valence-corrected chi connectivity index (χ4v) is 3.64. The predicted molar refractivity (Wildman–Crippen MR) is 130 cm³/mol. The molecule has 0 fully saturated rings. The van der Waals surface area contributed by atoms with Crippen molar-refractivity contribution in [2.24, 2.45) is 0 Å². The maximum absolute atomic E-state index is 13.2. The first-order valence-electron chi connectivity index (χ1n) is 10.1. The number of amides is 1. The van der Waals surface area contributed by atoms with Crippen LogP contribution in [0.15, 0.2) is 65.1 Å². The summed E-state index contributed by atoms with van der Waals surface area (Å²) in [5, 5.41) is 13.6. The van der Waals surface area contributed by atoms with Crippen molar-refractivity contribution in [3.63, 3.8) is 0 Å². The minimum Gasteiger partial charge on any atom is -0.496 e. The molecule has 0 aromatic heterocycles. The third-order valence-electron chi connectivity index (χ3n) is 4.91. The first-order valence-corrected chi connectivity index (χ1v) is 10.9. The zero-order valence-electron chi connectivity index (χ0n) is 18.9. The summed E-state index contributed by atoms with van der Waals surface area (Å²) in [7, 11) is 4.24. The van der Waals surface area contributed by atoms with Crippen LogP contribution in [-0.4, -0.2) is 38.1 Å². The van der Waals surface area contributed by atoms with E-state index in [1.54, 1.807) is 30.3 Å². The fourth-order valence-electron chi connectivity index (χ4n) is 3.18. The van der Waals surface area contributed by atoms with E-state index in [4.69, 9.17) is 18.9 Å². The van der Waals surface area contributed by atoms with Gasteiger partial charge in [0.2, 0.25) is 6.10 Å². The summed E-state index contributed by atoms with van der Waals surface area (Å²) in [5.74, 6) is -0.719. The summed E-state index contributed by atoms with van der Waals surface area (Å²) in [6, 6.07) is 15.2. The minimum atomic E-state index is -1.34. The van der Waals surface area contributed by atoms with Crippen molar-refractivity contribution in [3.8, 4) is 17.2 Å². The molecule has 1 atom stereocenters. The van der Waals surface area contributed by atoms with E-state index < -0.39 is 22.9 Å². The highest BCUT2D eigenvalue weighted by molar-refractivity contribution is 9.10. The number of ether oxygens (including phenoxy) is 4. The standard InChI is InChI=1S/C24H21BrN2O8/c1-32-19-13-21(34-3)20(33-2)12-16(19)24(29)35-22(14-7-5-4-6-8-14)23(28)26-18-10-9-15(27(30)31)11-17(18)25/h4-13,22H,1-3H3,(H,26,28)/t22-/m0/s1. The number of carbonyl (C=O) groups excluding carboxylic acids is 2. The van der Waals surface area contributed by atoms with Gasteiger partial charge in [0.1, 0.15) is 11.3 Å². The van der Waals surface area contributed by atoms with Gasteiger partial charge in [-0.3, -0.25) is 14.9 Å². The molecule has 0 heterocycles. The van der Waals surface area contributed by atoms with Gasteiger partial charge in [-0.25, -0.2) is 4.79 Å². The van der Waals surface area contributed by atoms with Crippen molar-refractivity contribution in [2.45, 2.75) is 6.10 Å². The van der Waals surface area contributed by atoms with E-state index >= 15 is 0 Å². The van der Waals surface area contributed by atoms with Gasteiger partial charge in [-0.15, -0.1) is 0 Å². The lowest BCUT2D eigenvalue weighted by Gasteiger charge is -2.20. The molecule has 0 aliphatic heterocycles. The van der Waals surface area contributed by atoms with Crippen LogP contribution in [0.4, 0.5) is 11.4 Å². The maximum Gasteiger partial charge on any atom is 0.343 e. The second kappa shape index (κ2) is 11.3. The number of hydrogen-bond acceptors (Lipinski definition) is 8. The summed E-state index contributed by atoms with van der Waals surface area (Å²) in [4.78, 5) is 36.8. The molecular formula is C24H21BrN2O8. The second-order valence-electron chi connectivity index (χ2n) is 7.01. The third-order valence-corrected chi connectivity index (χ3v) is 5.57. The maximum atomic E-state index is 13.2. The largest absolute Gasteiger partial charge is 0.496 e.